The van der Waals surface area contributed by atoms with Crippen LogP contribution in [0.4, 0.5) is 11.5 Å². The molecule has 3 heteroatoms. The lowest BCUT2D eigenvalue weighted by Gasteiger charge is -2.19. The lowest BCUT2D eigenvalue weighted by molar-refractivity contribution is 0.814. The van der Waals surface area contributed by atoms with Crippen LogP contribution in [0.5, 0.6) is 0 Å². The predicted octanol–water partition coefficient (Wildman–Crippen LogP) is 3.47. The summed E-state index contributed by atoms with van der Waals surface area (Å²) in [6.45, 7) is 5.12. The monoisotopic (exact) mass is 267 g/mol. The van der Waals surface area contributed by atoms with Crippen LogP contribution in [-0.4, -0.2) is 18.1 Å². The molecule has 1 aromatic carbocycles. The van der Waals surface area contributed by atoms with Crippen LogP contribution in [0.1, 0.15) is 24.6 Å². The number of rotatable bonds is 5. The normalized spacial score (nSPS) is 13.3. The Balaban J connectivity index is 1.72. The molecule has 2 aromatic rings. The van der Waals surface area contributed by atoms with Gasteiger partial charge in [0.25, 0.3) is 0 Å². The lowest BCUT2D eigenvalue weighted by Crippen LogP contribution is -2.20. The van der Waals surface area contributed by atoms with Gasteiger partial charge < -0.3 is 10.2 Å². The van der Waals surface area contributed by atoms with Crippen LogP contribution in [0.3, 0.4) is 0 Å². The SMILES string of the molecule is CCCNc1cccc(CN2CCc3ccccc32)n1. The highest BCUT2D eigenvalue weighted by Crippen LogP contribution is 2.28. The first-order valence-electron chi connectivity index (χ1n) is 7.39. The number of para-hydroxylation sites is 1. The van der Waals surface area contributed by atoms with Crippen molar-refractivity contribution < 1.29 is 0 Å². The quantitative estimate of drug-likeness (QED) is 0.899. The van der Waals surface area contributed by atoms with Gasteiger partial charge in [-0.05, 0) is 36.6 Å². The number of nitrogens with zero attached hydrogens (tertiary/aromatic N) is 2. The van der Waals surface area contributed by atoms with Crippen molar-refractivity contribution in [1.29, 1.82) is 0 Å². The molecule has 1 aromatic heterocycles. The summed E-state index contributed by atoms with van der Waals surface area (Å²) in [4.78, 5) is 7.11. The molecule has 2 heterocycles. The van der Waals surface area contributed by atoms with Gasteiger partial charge in [-0.2, -0.15) is 0 Å². The second-order valence-electron chi connectivity index (χ2n) is 5.24. The summed E-state index contributed by atoms with van der Waals surface area (Å²) in [6, 6.07) is 14.9. The number of hydrogen-bond acceptors (Lipinski definition) is 3. The smallest absolute Gasteiger partial charge is 0.126 e. The lowest BCUT2D eigenvalue weighted by atomic mass is 10.2. The van der Waals surface area contributed by atoms with E-state index >= 15 is 0 Å². The molecule has 0 saturated carbocycles. The number of fused-ring (bicyclic) bond motifs is 1. The maximum atomic E-state index is 4.69. The summed E-state index contributed by atoms with van der Waals surface area (Å²) in [5.74, 6) is 0.983. The molecule has 104 valence electrons. The van der Waals surface area contributed by atoms with Gasteiger partial charge in [-0.15, -0.1) is 0 Å². The molecule has 0 unspecified atom stereocenters. The molecule has 20 heavy (non-hydrogen) atoms. The zero-order valence-corrected chi connectivity index (χ0v) is 12.0. The molecule has 0 aliphatic carbocycles. The Morgan fingerprint density at radius 3 is 2.95 bits per heavy atom. The minimum absolute atomic E-state index is 0.888. The predicted molar refractivity (Wildman–Crippen MR) is 84.2 cm³/mol. The van der Waals surface area contributed by atoms with E-state index in [9.17, 15) is 0 Å². The maximum Gasteiger partial charge on any atom is 0.126 e. The molecule has 1 N–H and O–H groups in total. The molecular weight excluding hydrogens is 246 g/mol. The van der Waals surface area contributed by atoms with Crippen LogP contribution in [-0.2, 0) is 13.0 Å². The minimum Gasteiger partial charge on any atom is -0.370 e. The van der Waals surface area contributed by atoms with Crippen molar-refractivity contribution in [2.75, 3.05) is 23.3 Å². The summed E-state index contributed by atoms with van der Waals surface area (Å²) in [7, 11) is 0. The van der Waals surface area contributed by atoms with Crippen LogP contribution < -0.4 is 10.2 Å². The zero-order valence-electron chi connectivity index (χ0n) is 12.0. The second kappa shape index (κ2) is 5.95. The van der Waals surface area contributed by atoms with Crippen LogP contribution in [0.2, 0.25) is 0 Å². The number of nitrogens with one attached hydrogen (secondary N) is 1. The van der Waals surface area contributed by atoms with E-state index in [2.05, 4.69) is 53.5 Å². The first-order valence-corrected chi connectivity index (χ1v) is 7.39. The number of benzene rings is 1. The minimum atomic E-state index is 0.888. The zero-order chi connectivity index (χ0) is 13.8. The average molecular weight is 267 g/mol. The van der Waals surface area contributed by atoms with Crippen molar-refractivity contribution in [1.82, 2.24) is 4.98 Å². The third-order valence-corrected chi connectivity index (χ3v) is 3.70. The van der Waals surface area contributed by atoms with E-state index in [1.54, 1.807) is 0 Å². The van der Waals surface area contributed by atoms with Crippen LogP contribution >= 0.6 is 0 Å². The molecule has 0 fully saturated rings. The van der Waals surface area contributed by atoms with Gasteiger partial charge in [0.2, 0.25) is 0 Å². The van der Waals surface area contributed by atoms with E-state index in [-0.39, 0.29) is 0 Å². The van der Waals surface area contributed by atoms with Crippen molar-refractivity contribution >= 4 is 11.5 Å². The average Bonchev–Trinajstić information content (AvgIpc) is 2.89. The van der Waals surface area contributed by atoms with Crippen LogP contribution in [0.15, 0.2) is 42.5 Å². The molecule has 1 aliphatic heterocycles. The molecular formula is C17H21N3. The van der Waals surface area contributed by atoms with E-state index in [1.165, 1.54) is 11.3 Å². The Kier molecular flexibility index (Phi) is 3.86. The van der Waals surface area contributed by atoms with Gasteiger partial charge in [0.15, 0.2) is 0 Å². The number of aromatic nitrogens is 1. The molecule has 0 saturated heterocycles. The van der Waals surface area contributed by atoms with Gasteiger partial charge in [-0.3, -0.25) is 0 Å². The summed E-state index contributed by atoms with van der Waals surface area (Å²) < 4.78 is 0. The van der Waals surface area contributed by atoms with Gasteiger partial charge in [0.1, 0.15) is 5.82 Å². The summed E-state index contributed by atoms with van der Waals surface area (Å²) in [5, 5.41) is 3.35. The van der Waals surface area contributed by atoms with Gasteiger partial charge >= 0.3 is 0 Å². The molecule has 1 aliphatic rings. The van der Waals surface area contributed by atoms with Gasteiger partial charge in [0.05, 0.1) is 12.2 Å². The molecule has 0 atom stereocenters. The highest BCUT2D eigenvalue weighted by atomic mass is 15.2. The Morgan fingerprint density at radius 1 is 1.15 bits per heavy atom. The first-order chi connectivity index (χ1) is 9.86. The Bertz CT molecular complexity index is 580. The third-order valence-electron chi connectivity index (χ3n) is 3.70. The molecule has 3 rings (SSSR count). The Hall–Kier alpha value is -2.03. The molecule has 0 amide bonds. The highest BCUT2D eigenvalue weighted by Gasteiger charge is 2.18. The molecule has 0 spiro atoms. The van der Waals surface area contributed by atoms with Crippen molar-refractivity contribution in [2.24, 2.45) is 0 Å². The third kappa shape index (κ3) is 2.77. The number of hydrogen-bond donors (Lipinski definition) is 1. The molecule has 0 bridgehead atoms. The van der Waals surface area contributed by atoms with Gasteiger partial charge in [0, 0.05) is 18.8 Å². The maximum absolute atomic E-state index is 4.69. The van der Waals surface area contributed by atoms with Crippen molar-refractivity contribution in [3.05, 3.63) is 53.7 Å². The number of anilines is 2. The Labute approximate surface area is 120 Å². The fourth-order valence-electron chi connectivity index (χ4n) is 2.69. The fraction of sp³-hybridized carbons (Fsp3) is 0.353. The first kappa shape index (κ1) is 13.0. The van der Waals surface area contributed by atoms with E-state index in [0.717, 1.165) is 44.0 Å². The van der Waals surface area contributed by atoms with Crippen LogP contribution in [0, 0.1) is 0 Å². The van der Waals surface area contributed by atoms with E-state index in [4.69, 9.17) is 4.98 Å². The van der Waals surface area contributed by atoms with E-state index in [0.29, 0.717) is 0 Å². The standard InChI is InChI=1S/C17H21N3/c1-2-11-18-17-9-5-7-15(19-17)13-20-12-10-14-6-3-4-8-16(14)20/h3-9H,2,10-13H2,1H3,(H,18,19). The second-order valence-corrected chi connectivity index (χ2v) is 5.24. The van der Waals surface area contributed by atoms with E-state index < -0.39 is 0 Å². The van der Waals surface area contributed by atoms with Crippen molar-refractivity contribution in [3.8, 4) is 0 Å². The Morgan fingerprint density at radius 2 is 2.05 bits per heavy atom. The molecule has 3 nitrogen and oxygen atoms in total. The topological polar surface area (TPSA) is 28.2 Å². The highest BCUT2D eigenvalue weighted by molar-refractivity contribution is 5.57. The molecule has 0 radical (unpaired) electrons. The van der Waals surface area contributed by atoms with Crippen molar-refractivity contribution in [2.45, 2.75) is 26.3 Å². The summed E-state index contributed by atoms with van der Waals surface area (Å²) >= 11 is 0. The van der Waals surface area contributed by atoms with E-state index in [1.807, 2.05) is 6.07 Å². The van der Waals surface area contributed by atoms with Gasteiger partial charge in [-0.25, -0.2) is 4.98 Å². The van der Waals surface area contributed by atoms with Crippen LogP contribution in [0.25, 0.3) is 0 Å². The summed E-state index contributed by atoms with van der Waals surface area (Å²) in [5.41, 5.74) is 3.94. The van der Waals surface area contributed by atoms with Gasteiger partial charge in [-0.1, -0.05) is 31.2 Å². The largest absolute Gasteiger partial charge is 0.370 e. The number of pyridine rings is 1. The summed E-state index contributed by atoms with van der Waals surface area (Å²) in [6.07, 6.45) is 2.26. The fourth-order valence-corrected chi connectivity index (χ4v) is 2.69. The van der Waals surface area contributed by atoms with Crippen molar-refractivity contribution in [3.63, 3.8) is 0 Å².